The third-order valence-corrected chi connectivity index (χ3v) is 6.06. The summed E-state index contributed by atoms with van der Waals surface area (Å²) >= 11 is 0. The van der Waals surface area contributed by atoms with Crippen LogP contribution in [0.3, 0.4) is 0 Å². The normalized spacial score (nSPS) is 30.6. The number of hydrogen-bond donors (Lipinski definition) is 2. The van der Waals surface area contributed by atoms with Crippen molar-refractivity contribution in [2.75, 3.05) is 0 Å². The van der Waals surface area contributed by atoms with Gasteiger partial charge in [0.2, 0.25) is 0 Å². The smallest absolute Gasteiger partial charge is 0.303 e. The van der Waals surface area contributed by atoms with Gasteiger partial charge in [-0.1, -0.05) is 45.8 Å². The molecule has 4 nitrogen and oxygen atoms in total. The number of aliphatic hydroxyl groups excluding tert-OH is 1. The number of carboxylic acid groups (broad SMARTS) is 1. The van der Waals surface area contributed by atoms with Crippen LogP contribution in [0.1, 0.15) is 72.1 Å². The number of ether oxygens (including phenoxy) is 1. The molecule has 1 unspecified atom stereocenters. The Bertz CT molecular complexity index is 555. The zero-order valence-corrected chi connectivity index (χ0v) is 16.9. The van der Waals surface area contributed by atoms with E-state index in [2.05, 4.69) is 20.8 Å². The standard InChI is InChI=1S/C22H35FO4/c1-4-5-14-22(2,3)18(24)13-11-15-10-12-16-20(15)21(23)17(27-16)8-6-7-9-19(25)26/h8,11,13,15-16,18,20-21,24H,4-7,9-10,12,14H2,1-3H3,(H,25,26)/t15-,16+,18-,20-,21?/m1/s1. The first-order valence-electron chi connectivity index (χ1n) is 10.3. The summed E-state index contributed by atoms with van der Waals surface area (Å²) in [5, 5.41) is 19.2. The molecule has 1 saturated heterocycles. The average Bonchev–Trinajstić information content (AvgIpc) is 3.15. The van der Waals surface area contributed by atoms with Crippen molar-refractivity contribution in [3.8, 4) is 0 Å². The number of hydrogen-bond acceptors (Lipinski definition) is 3. The SMILES string of the molecule is CCCCC(C)(C)[C@H](O)C=C[C@H]1CC[C@@H]2OC(=CCCCC(=O)O)C(F)[C@@H]21. The van der Waals surface area contributed by atoms with Gasteiger partial charge in [-0.25, -0.2) is 4.39 Å². The van der Waals surface area contributed by atoms with Crippen molar-refractivity contribution in [3.05, 3.63) is 24.0 Å². The Morgan fingerprint density at radius 3 is 2.78 bits per heavy atom. The van der Waals surface area contributed by atoms with E-state index < -0.39 is 18.2 Å². The lowest BCUT2D eigenvalue weighted by Crippen LogP contribution is -2.28. The average molecular weight is 383 g/mol. The molecule has 0 aromatic heterocycles. The minimum absolute atomic E-state index is 0.0755. The zero-order valence-electron chi connectivity index (χ0n) is 16.9. The Morgan fingerprint density at radius 2 is 2.11 bits per heavy atom. The van der Waals surface area contributed by atoms with Gasteiger partial charge < -0.3 is 14.9 Å². The molecule has 0 aromatic rings. The van der Waals surface area contributed by atoms with E-state index in [0.29, 0.717) is 18.6 Å². The lowest BCUT2D eigenvalue weighted by Gasteiger charge is -2.29. The fourth-order valence-electron chi connectivity index (χ4n) is 4.16. The molecule has 5 heteroatoms. The molecule has 2 aliphatic rings. The van der Waals surface area contributed by atoms with Crippen molar-refractivity contribution in [2.45, 2.75) is 90.5 Å². The molecule has 0 amide bonds. The van der Waals surface area contributed by atoms with Crippen LogP contribution >= 0.6 is 0 Å². The van der Waals surface area contributed by atoms with Gasteiger partial charge in [0.25, 0.3) is 0 Å². The first-order valence-corrected chi connectivity index (χ1v) is 10.3. The van der Waals surface area contributed by atoms with E-state index in [1.165, 1.54) is 0 Å². The summed E-state index contributed by atoms with van der Waals surface area (Å²) in [7, 11) is 0. The highest BCUT2D eigenvalue weighted by atomic mass is 19.1. The van der Waals surface area contributed by atoms with E-state index in [9.17, 15) is 14.3 Å². The second-order valence-electron chi connectivity index (χ2n) is 8.69. The lowest BCUT2D eigenvalue weighted by molar-refractivity contribution is -0.137. The Labute approximate surface area is 162 Å². The van der Waals surface area contributed by atoms with E-state index in [1.807, 2.05) is 12.2 Å². The highest BCUT2D eigenvalue weighted by Crippen LogP contribution is 2.47. The largest absolute Gasteiger partial charge is 0.492 e. The first-order chi connectivity index (χ1) is 12.8. The minimum atomic E-state index is -1.14. The maximum Gasteiger partial charge on any atom is 0.303 e. The molecule has 0 radical (unpaired) electrons. The molecule has 1 aliphatic carbocycles. The Hall–Kier alpha value is -1.36. The molecule has 2 N–H and O–H groups in total. The van der Waals surface area contributed by atoms with Crippen molar-refractivity contribution >= 4 is 5.97 Å². The Balaban J connectivity index is 1.93. The fourth-order valence-corrected chi connectivity index (χ4v) is 4.16. The van der Waals surface area contributed by atoms with E-state index >= 15 is 0 Å². The molecule has 5 atom stereocenters. The second kappa shape index (κ2) is 9.72. The van der Waals surface area contributed by atoms with Crippen LogP contribution in [0.4, 0.5) is 4.39 Å². The van der Waals surface area contributed by atoms with E-state index in [4.69, 9.17) is 9.84 Å². The monoisotopic (exact) mass is 382 g/mol. The molecule has 0 bridgehead atoms. The third kappa shape index (κ3) is 5.81. The van der Waals surface area contributed by atoms with Gasteiger partial charge in [0.15, 0.2) is 6.17 Å². The summed E-state index contributed by atoms with van der Waals surface area (Å²) in [6, 6.07) is 0. The van der Waals surface area contributed by atoms with Crippen LogP contribution in [0.2, 0.25) is 0 Å². The zero-order chi connectivity index (χ0) is 20.0. The highest BCUT2D eigenvalue weighted by Gasteiger charge is 2.49. The summed E-state index contributed by atoms with van der Waals surface area (Å²) in [6.07, 6.45) is 9.74. The summed E-state index contributed by atoms with van der Waals surface area (Å²) in [5.41, 5.74) is -0.180. The summed E-state index contributed by atoms with van der Waals surface area (Å²) < 4.78 is 20.7. The molecule has 0 aromatic carbocycles. The van der Waals surface area contributed by atoms with Crippen LogP contribution in [0, 0.1) is 17.3 Å². The van der Waals surface area contributed by atoms with Crippen molar-refractivity contribution in [2.24, 2.45) is 17.3 Å². The van der Waals surface area contributed by atoms with Gasteiger partial charge in [0, 0.05) is 12.3 Å². The molecular weight excluding hydrogens is 347 g/mol. The number of aliphatic carboxylic acids is 1. The predicted octanol–water partition coefficient (Wildman–Crippen LogP) is 5.02. The van der Waals surface area contributed by atoms with Crippen molar-refractivity contribution in [1.82, 2.24) is 0 Å². The Morgan fingerprint density at radius 1 is 1.37 bits per heavy atom. The van der Waals surface area contributed by atoms with Crippen LogP contribution in [0.25, 0.3) is 0 Å². The molecule has 1 saturated carbocycles. The number of fused-ring (bicyclic) bond motifs is 1. The number of carboxylic acids is 1. The molecular formula is C22H35FO4. The van der Waals surface area contributed by atoms with Crippen LogP contribution in [0.15, 0.2) is 24.0 Å². The van der Waals surface area contributed by atoms with Crippen LogP contribution < -0.4 is 0 Å². The molecule has 2 rings (SSSR count). The molecule has 154 valence electrons. The first kappa shape index (κ1) is 21.9. The number of halogens is 1. The van der Waals surface area contributed by atoms with Crippen molar-refractivity contribution < 1.29 is 24.1 Å². The minimum Gasteiger partial charge on any atom is -0.492 e. The summed E-state index contributed by atoms with van der Waals surface area (Å²) in [5.74, 6) is -0.582. The maximum atomic E-state index is 14.9. The van der Waals surface area contributed by atoms with E-state index in [-0.39, 0.29) is 29.8 Å². The molecule has 1 heterocycles. The Kier molecular flexibility index (Phi) is 7.90. The van der Waals surface area contributed by atoms with Crippen molar-refractivity contribution in [1.29, 1.82) is 0 Å². The highest BCUT2D eigenvalue weighted by molar-refractivity contribution is 5.66. The van der Waals surface area contributed by atoms with Crippen LogP contribution in [-0.2, 0) is 9.53 Å². The second-order valence-corrected chi connectivity index (χ2v) is 8.69. The van der Waals surface area contributed by atoms with Gasteiger partial charge in [-0.2, -0.15) is 0 Å². The number of aliphatic hydroxyl groups is 1. The molecule has 27 heavy (non-hydrogen) atoms. The van der Waals surface area contributed by atoms with Crippen LogP contribution in [0.5, 0.6) is 0 Å². The van der Waals surface area contributed by atoms with Crippen LogP contribution in [-0.4, -0.2) is 34.6 Å². The van der Waals surface area contributed by atoms with Gasteiger partial charge in [-0.15, -0.1) is 0 Å². The summed E-state index contributed by atoms with van der Waals surface area (Å²) in [4.78, 5) is 10.6. The van der Waals surface area contributed by atoms with Gasteiger partial charge in [0.1, 0.15) is 11.9 Å². The van der Waals surface area contributed by atoms with Gasteiger partial charge in [-0.05, 0) is 49.5 Å². The number of carbonyl (C=O) groups is 1. The number of unbranched alkanes of at least 4 members (excludes halogenated alkanes) is 2. The molecule has 1 aliphatic heterocycles. The third-order valence-electron chi connectivity index (χ3n) is 6.06. The van der Waals surface area contributed by atoms with E-state index in [1.54, 1.807) is 6.08 Å². The number of alkyl halides is 1. The summed E-state index contributed by atoms with van der Waals surface area (Å²) in [6.45, 7) is 6.29. The predicted molar refractivity (Wildman–Crippen MR) is 104 cm³/mol. The van der Waals surface area contributed by atoms with Crippen molar-refractivity contribution in [3.63, 3.8) is 0 Å². The van der Waals surface area contributed by atoms with E-state index in [0.717, 1.165) is 32.1 Å². The number of rotatable bonds is 10. The van der Waals surface area contributed by atoms with Gasteiger partial charge in [-0.3, -0.25) is 4.79 Å². The topological polar surface area (TPSA) is 66.8 Å². The molecule has 2 fully saturated rings. The van der Waals surface area contributed by atoms with Gasteiger partial charge in [0.05, 0.1) is 6.10 Å². The number of allylic oxidation sites excluding steroid dienone is 3. The lowest BCUT2D eigenvalue weighted by atomic mass is 9.80. The quantitative estimate of drug-likeness (QED) is 0.411. The molecule has 0 spiro atoms. The maximum absolute atomic E-state index is 14.9. The fraction of sp³-hybridized carbons (Fsp3) is 0.773. The van der Waals surface area contributed by atoms with Gasteiger partial charge >= 0.3 is 5.97 Å².